The number of ether oxygens (including phenoxy) is 3. The molecule has 1 aromatic rings. The van der Waals surface area contributed by atoms with Crippen molar-refractivity contribution in [2.75, 3.05) is 39.5 Å². The third-order valence-corrected chi connectivity index (χ3v) is 3.99. The number of rotatable bonds is 4. The first-order chi connectivity index (χ1) is 11.1. The van der Waals surface area contributed by atoms with Gasteiger partial charge in [0.05, 0.1) is 19.8 Å². The number of hydrogen-bond acceptors (Lipinski definition) is 4. The Balaban J connectivity index is 1.47. The van der Waals surface area contributed by atoms with Crippen LogP contribution in [0.15, 0.2) is 18.2 Å². The number of fused-ring (bicyclic) bond motifs is 1. The first-order valence-electron chi connectivity index (χ1n) is 8.09. The highest BCUT2D eigenvalue weighted by atomic mass is 16.5. The van der Waals surface area contributed by atoms with E-state index in [9.17, 15) is 4.79 Å². The molecule has 23 heavy (non-hydrogen) atoms. The summed E-state index contributed by atoms with van der Waals surface area (Å²) < 4.78 is 17.0. The summed E-state index contributed by atoms with van der Waals surface area (Å²) in [7, 11) is 0. The second kappa shape index (κ2) is 6.66. The van der Waals surface area contributed by atoms with Gasteiger partial charge in [-0.1, -0.05) is 12.1 Å². The molecular formula is C17H24N2O4. The number of nitrogens with zero attached hydrogens (tertiary/aromatic N) is 1. The van der Waals surface area contributed by atoms with Crippen LogP contribution in [0, 0.1) is 0 Å². The van der Waals surface area contributed by atoms with Gasteiger partial charge in [-0.25, -0.2) is 4.79 Å². The molecule has 2 aliphatic heterocycles. The molecule has 0 unspecified atom stereocenters. The minimum atomic E-state index is -0.188. The minimum Gasteiger partial charge on any atom is -0.488 e. The van der Waals surface area contributed by atoms with E-state index in [1.54, 1.807) is 4.90 Å². The van der Waals surface area contributed by atoms with Gasteiger partial charge in [-0.3, -0.25) is 0 Å². The average Bonchev–Trinajstić information content (AvgIpc) is 2.86. The smallest absolute Gasteiger partial charge is 0.317 e. The molecule has 2 aliphatic rings. The van der Waals surface area contributed by atoms with Crippen molar-refractivity contribution in [1.82, 2.24) is 10.2 Å². The van der Waals surface area contributed by atoms with Gasteiger partial charge in [-0.05, 0) is 19.9 Å². The molecule has 3 rings (SSSR count). The number of amides is 2. The number of benzene rings is 1. The maximum atomic E-state index is 12.0. The lowest BCUT2D eigenvalue weighted by molar-refractivity contribution is 0.0530. The Kier molecular flexibility index (Phi) is 4.61. The van der Waals surface area contributed by atoms with Crippen LogP contribution in [0.5, 0.6) is 11.5 Å². The molecule has 126 valence electrons. The maximum Gasteiger partial charge on any atom is 0.317 e. The van der Waals surface area contributed by atoms with Gasteiger partial charge in [-0.2, -0.15) is 0 Å². The molecule has 1 saturated heterocycles. The Morgan fingerprint density at radius 2 is 2.13 bits per heavy atom. The fraction of sp³-hybridized carbons (Fsp3) is 0.588. The Morgan fingerprint density at radius 1 is 1.35 bits per heavy atom. The number of hydrogen-bond donors (Lipinski definition) is 1. The van der Waals surface area contributed by atoms with E-state index in [0.29, 0.717) is 39.5 Å². The molecule has 1 aromatic carbocycles. The zero-order valence-corrected chi connectivity index (χ0v) is 13.8. The van der Waals surface area contributed by atoms with Crippen molar-refractivity contribution < 1.29 is 19.0 Å². The molecule has 2 amide bonds. The number of carbonyl (C=O) groups excluding carboxylic acids is 1. The van der Waals surface area contributed by atoms with E-state index in [2.05, 4.69) is 25.2 Å². The first kappa shape index (κ1) is 15.9. The largest absolute Gasteiger partial charge is 0.488 e. The van der Waals surface area contributed by atoms with Crippen molar-refractivity contribution in [1.29, 1.82) is 0 Å². The Morgan fingerprint density at radius 3 is 2.91 bits per heavy atom. The lowest BCUT2D eigenvalue weighted by Gasteiger charge is -2.26. The quantitative estimate of drug-likeness (QED) is 0.860. The molecular weight excluding hydrogens is 296 g/mol. The van der Waals surface area contributed by atoms with E-state index >= 15 is 0 Å². The molecule has 0 aromatic heterocycles. The lowest BCUT2D eigenvalue weighted by atomic mass is 10.0. The normalized spacial score (nSPS) is 19.0. The predicted octanol–water partition coefficient (Wildman–Crippen LogP) is 1.82. The van der Waals surface area contributed by atoms with Crippen LogP contribution in [0.2, 0.25) is 0 Å². The molecule has 1 N–H and O–H groups in total. The topological polar surface area (TPSA) is 60.0 Å². The fourth-order valence-electron chi connectivity index (χ4n) is 2.90. The molecule has 1 fully saturated rings. The highest BCUT2D eigenvalue weighted by molar-refractivity contribution is 5.74. The summed E-state index contributed by atoms with van der Waals surface area (Å²) in [4.78, 5) is 13.7. The van der Waals surface area contributed by atoms with Crippen molar-refractivity contribution in [3.63, 3.8) is 0 Å². The van der Waals surface area contributed by atoms with Gasteiger partial charge in [0.1, 0.15) is 12.2 Å². The highest BCUT2D eigenvalue weighted by Gasteiger charge is 2.32. The van der Waals surface area contributed by atoms with Crippen molar-refractivity contribution in [2.45, 2.75) is 25.9 Å². The SMILES string of the molecule is CC1(C)Cc2cccc(OCCNC(=O)N3CCOCC3)c2O1. The van der Waals surface area contributed by atoms with Crippen LogP contribution < -0.4 is 14.8 Å². The van der Waals surface area contributed by atoms with E-state index in [1.807, 2.05) is 12.1 Å². The van der Waals surface area contributed by atoms with Crippen LogP contribution in [-0.2, 0) is 11.2 Å². The fourth-order valence-corrected chi connectivity index (χ4v) is 2.90. The maximum absolute atomic E-state index is 12.0. The predicted molar refractivity (Wildman–Crippen MR) is 86.1 cm³/mol. The Bertz CT molecular complexity index is 568. The number of nitrogens with one attached hydrogen (secondary N) is 1. The third kappa shape index (κ3) is 3.88. The first-order valence-corrected chi connectivity index (χ1v) is 8.09. The summed E-state index contributed by atoms with van der Waals surface area (Å²) in [6.45, 7) is 7.50. The summed E-state index contributed by atoms with van der Waals surface area (Å²) in [5.74, 6) is 1.57. The van der Waals surface area contributed by atoms with Gasteiger partial charge in [0.15, 0.2) is 11.5 Å². The lowest BCUT2D eigenvalue weighted by Crippen LogP contribution is -2.47. The standard InChI is InChI=1S/C17H24N2O4/c1-17(2)12-13-4-3-5-14(15(13)23-17)22-9-6-18-16(20)19-7-10-21-11-8-19/h3-5H,6-12H2,1-2H3,(H,18,20). The molecule has 0 bridgehead atoms. The van der Waals surface area contributed by atoms with E-state index < -0.39 is 0 Å². The van der Waals surface area contributed by atoms with Gasteiger partial charge < -0.3 is 24.4 Å². The summed E-state index contributed by atoms with van der Waals surface area (Å²) in [6.07, 6.45) is 0.882. The van der Waals surface area contributed by atoms with Crippen molar-refractivity contribution in [2.24, 2.45) is 0 Å². The van der Waals surface area contributed by atoms with Crippen molar-refractivity contribution >= 4 is 6.03 Å². The number of carbonyl (C=O) groups is 1. The van der Waals surface area contributed by atoms with Crippen molar-refractivity contribution in [3.8, 4) is 11.5 Å². The van der Waals surface area contributed by atoms with Crippen LogP contribution in [0.3, 0.4) is 0 Å². The Hall–Kier alpha value is -1.95. The van der Waals surface area contributed by atoms with Crippen LogP contribution in [-0.4, -0.2) is 56.0 Å². The van der Waals surface area contributed by atoms with E-state index in [4.69, 9.17) is 14.2 Å². The third-order valence-electron chi connectivity index (χ3n) is 3.99. The summed E-state index contributed by atoms with van der Waals surface area (Å²) in [6, 6.07) is 5.89. The van der Waals surface area contributed by atoms with Gasteiger partial charge in [0, 0.05) is 25.1 Å². The second-order valence-corrected chi connectivity index (χ2v) is 6.46. The Labute approximate surface area is 136 Å². The van der Waals surface area contributed by atoms with Crippen LogP contribution in [0.4, 0.5) is 4.79 Å². The molecule has 6 nitrogen and oxygen atoms in total. The van der Waals surface area contributed by atoms with Crippen molar-refractivity contribution in [3.05, 3.63) is 23.8 Å². The number of para-hydroxylation sites is 1. The van der Waals surface area contributed by atoms with E-state index in [0.717, 1.165) is 17.9 Å². The molecule has 0 spiro atoms. The average molecular weight is 320 g/mol. The molecule has 6 heteroatoms. The molecule has 0 atom stereocenters. The number of morpholine rings is 1. The second-order valence-electron chi connectivity index (χ2n) is 6.46. The number of urea groups is 1. The van der Waals surface area contributed by atoms with Crippen LogP contribution in [0.1, 0.15) is 19.4 Å². The monoisotopic (exact) mass is 320 g/mol. The molecule has 0 aliphatic carbocycles. The molecule has 0 radical (unpaired) electrons. The van der Waals surface area contributed by atoms with Gasteiger partial charge >= 0.3 is 6.03 Å². The zero-order valence-electron chi connectivity index (χ0n) is 13.8. The minimum absolute atomic E-state index is 0.0624. The zero-order chi connectivity index (χ0) is 16.3. The molecule has 0 saturated carbocycles. The van der Waals surface area contributed by atoms with Gasteiger partial charge in [0.2, 0.25) is 0 Å². The summed E-state index contributed by atoms with van der Waals surface area (Å²) in [5, 5.41) is 2.87. The highest BCUT2D eigenvalue weighted by Crippen LogP contribution is 2.41. The van der Waals surface area contributed by atoms with E-state index in [1.165, 1.54) is 5.56 Å². The summed E-state index contributed by atoms with van der Waals surface area (Å²) in [5.41, 5.74) is 0.983. The van der Waals surface area contributed by atoms with E-state index in [-0.39, 0.29) is 11.6 Å². The van der Waals surface area contributed by atoms with Gasteiger partial charge in [0.25, 0.3) is 0 Å². The van der Waals surface area contributed by atoms with Gasteiger partial charge in [-0.15, -0.1) is 0 Å². The summed E-state index contributed by atoms with van der Waals surface area (Å²) >= 11 is 0. The van der Waals surface area contributed by atoms with Crippen LogP contribution in [0.25, 0.3) is 0 Å². The van der Waals surface area contributed by atoms with Crippen LogP contribution >= 0.6 is 0 Å². The molecule has 2 heterocycles.